The fourth-order valence-corrected chi connectivity index (χ4v) is 4.47. The summed E-state index contributed by atoms with van der Waals surface area (Å²) in [6.07, 6.45) is 3.59. The van der Waals surface area contributed by atoms with Crippen LogP contribution >= 0.6 is 24.0 Å². The summed E-state index contributed by atoms with van der Waals surface area (Å²) in [5, 5.41) is 3.48. The third-order valence-corrected chi connectivity index (χ3v) is 6.51. The number of hydrogen-bond donors (Lipinski definition) is 1. The number of guanidine groups is 1. The summed E-state index contributed by atoms with van der Waals surface area (Å²) >= 11 is 0. The van der Waals surface area contributed by atoms with Crippen LogP contribution in [0.25, 0.3) is 0 Å². The van der Waals surface area contributed by atoms with E-state index in [0.717, 1.165) is 90.8 Å². The third kappa shape index (κ3) is 7.49. The summed E-state index contributed by atoms with van der Waals surface area (Å²) in [7, 11) is 4.40. The molecule has 9 heteroatoms. The van der Waals surface area contributed by atoms with Gasteiger partial charge in [0.15, 0.2) is 5.96 Å². The first-order chi connectivity index (χ1) is 14.1. The van der Waals surface area contributed by atoms with Crippen LogP contribution in [0.5, 0.6) is 0 Å². The number of likely N-dealkylation sites (N-methyl/N-ethyl adjacent to an activating group) is 2. The average Bonchev–Trinajstić information content (AvgIpc) is 2.74. The molecular formula is C21H42IN7O. The van der Waals surface area contributed by atoms with Gasteiger partial charge >= 0.3 is 0 Å². The average molecular weight is 536 g/mol. The van der Waals surface area contributed by atoms with E-state index >= 15 is 0 Å². The zero-order chi connectivity index (χ0) is 20.6. The Kier molecular flexibility index (Phi) is 11.1. The zero-order valence-electron chi connectivity index (χ0n) is 19.2. The van der Waals surface area contributed by atoms with Crippen molar-refractivity contribution in [3.8, 4) is 0 Å². The Morgan fingerprint density at radius 1 is 0.933 bits per heavy atom. The van der Waals surface area contributed by atoms with E-state index in [2.05, 4.69) is 50.8 Å². The van der Waals surface area contributed by atoms with E-state index in [1.807, 2.05) is 0 Å². The lowest BCUT2D eigenvalue weighted by Gasteiger charge is -2.39. The molecule has 3 fully saturated rings. The predicted octanol–water partition coefficient (Wildman–Crippen LogP) is 0.446. The number of nitrogens with zero attached hydrogens (tertiary/aromatic N) is 6. The van der Waals surface area contributed by atoms with Gasteiger partial charge < -0.3 is 20.0 Å². The summed E-state index contributed by atoms with van der Waals surface area (Å²) in [6.45, 7) is 13.3. The van der Waals surface area contributed by atoms with Crippen molar-refractivity contribution in [3.63, 3.8) is 0 Å². The lowest BCUT2D eigenvalue weighted by atomic mass is 10.1. The minimum absolute atomic E-state index is 0. The smallest absolute Gasteiger partial charge is 0.236 e. The number of piperidine rings is 1. The summed E-state index contributed by atoms with van der Waals surface area (Å²) < 4.78 is 0. The van der Waals surface area contributed by atoms with Gasteiger partial charge in [0.1, 0.15) is 0 Å². The highest BCUT2D eigenvalue weighted by Gasteiger charge is 2.25. The predicted molar refractivity (Wildman–Crippen MR) is 134 cm³/mol. The number of piperazine rings is 2. The van der Waals surface area contributed by atoms with Gasteiger partial charge in [0, 0.05) is 71.5 Å². The highest BCUT2D eigenvalue weighted by Crippen LogP contribution is 2.11. The highest BCUT2D eigenvalue weighted by molar-refractivity contribution is 14.0. The normalized spacial score (nSPS) is 25.2. The monoisotopic (exact) mass is 535 g/mol. The number of amides is 1. The number of carbonyl (C=O) groups excluding carboxylic acids is 1. The first-order valence-electron chi connectivity index (χ1n) is 11.5. The van der Waals surface area contributed by atoms with E-state index in [0.29, 0.717) is 18.5 Å². The van der Waals surface area contributed by atoms with Crippen LogP contribution in [-0.4, -0.2) is 135 Å². The van der Waals surface area contributed by atoms with Crippen LogP contribution in [0.2, 0.25) is 0 Å². The number of halogens is 1. The molecule has 0 spiro atoms. The Morgan fingerprint density at radius 3 is 2.30 bits per heavy atom. The third-order valence-electron chi connectivity index (χ3n) is 6.51. The van der Waals surface area contributed by atoms with Gasteiger partial charge in [-0.3, -0.25) is 19.6 Å². The number of aliphatic imine (C=N–C) groups is 1. The van der Waals surface area contributed by atoms with Gasteiger partial charge in [-0.2, -0.15) is 0 Å². The van der Waals surface area contributed by atoms with Crippen LogP contribution < -0.4 is 5.32 Å². The number of hydrogen-bond acceptors (Lipinski definition) is 5. The molecule has 0 aromatic heterocycles. The molecule has 3 rings (SSSR count). The molecule has 0 radical (unpaired) electrons. The molecule has 0 bridgehead atoms. The van der Waals surface area contributed by atoms with Crippen molar-refractivity contribution in [2.45, 2.75) is 32.2 Å². The minimum atomic E-state index is 0. The van der Waals surface area contributed by atoms with Crippen molar-refractivity contribution >= 4 is 35.8 Å². The van der Waals surface area contributed by atoms with Crippen LogP contribution in [0, 0.1) is 0 Å². The minimum Gasteiger partial charge on any atom is -0.357 e. The Labute approximate surface area is 200 Å². The molecule has 3 aliphatic heterocycles. The maximum absolute atomic E-state index is 12.5. The van der Waals surface area contributed by atoms with Crippen molar-refractivity contribution < 1.29 is 4.79 Å². The second-order valence-electron chi connectivity index (χ2n) is 8.80. The Balaban J connectivity index is 0.00000320. The summed E-state index contributed by atoms with van der Waals surface area (Å²) in [6, 6.07) is 0.478. The second kappa shape index (κ2) is 13.0. The van der Waals surface area contributed by atoms with Gasteiger partial charge in [-0.05, 0) is 40.3 Å². The van der Waals surface area contributed by atoms with Gasteiger partial charge in [-0.15, -0.1) is 24.0 Å². The first-order valence-corrected chi connectivity index (χ1v) is 11.5. The van der Waals surface area contributed by atoms with E-state index < -0.39 is 0 Å². The van der Waals surface area contributed by atoms with Gasteiger partial charge in [0.2, 0.25) is 5.91 Å². The molecule has 1 amide bonds. The van der Waals surface area contributed by atoms with Gasteiger partial charge in [0.05, 0.1) is 13.1 Å². The molecule has 1 N–H and O–H groups in total. The molecule has 30 heavy (non-hydrogen) atoms. The van der Waals surface area contributed by atoms with Crippen molar-refractivity contribution in [3.05, 3.63) is 0 Å². The van der Waals surface area contributed by atoms with Crippen molar-refractivity contribution in [2.75, 3.05) is 92.6 Å². The topological polar surface area (TPSA) is 57.7 Å². The first kappa shape index (κ1) is 25.6. The molecule has 3 heterocycles. The van der Waals surface area contributed by atoms with Crippen LogP contribution in [-0.2, 0) is 4.79 Å². The fourth-order valence-electron chi connectivity index (χ4n) is 4.47. The zero-order valence-corrected chi connectivity index (χ0v) is 21.5. The van der Waals surface area contributed by atoms with E-state index in [-0.39, 0.29) is 24.0 Å². The van der Waals surface area contributed by atoms with Crippen molar-refractivity contribution in [1.82, 2.24) is 29.8 Å². The maximum Gasteiger partial charge on any atom is 0.236 e. The Hall–Kier alpha value is -0.650. The molecule has 0 aromatic carbocycles. The van der Waals surface area contributed by atoms with E-state index in [9.17, 15) is 4.79 Å². The van der Waals surface area contributed by atoms with Crippen LogP contribution in [0.3, 0.4) is 0 Å². The van der Waals surface area contributed by atoms with Gasteiger partial charge in [0.25, 0.3) is 0 Å². The standard InChI is InChI=1S/C21H41N7O.HI/c1-4-22-21(23-16-19-17-24(2)10-11-25(19)3)28-14-12-26(13-15-28)18-20(29)27-8-6-5-7-9-27;/h19H,4-18H2,1-3H3,(H,22,23);1H. The SMILES string of the molecule is CCNC(=NCC1CN(C)CCN1C)N1CCN(CC(=O)N2CCCCC2)CC1.I. The number of carbonyl (C=O) groups is 1. The quantitative estimate of drug-likeness (QED) is 0.314. The van der Waals surface area contributed by atoms with Crippen LogP contribution in [0.4, 0.5) is 0 Å². The number of likely N-dealkylation sites (tertiary alicyclic amines) is 1. The molecule has 3 saturated heterocycles. The van der Waals surface area contributed by atoms with Crippen molar-refractivity contribution in [2.24, 2.45) is 4.99 Å². The maximum atomic E-state index is 12.5. The molecule has 0 saturated carbocycles. The van der Waals surface area contributed by atoms with Crippen LogP contribution in [0.1, 0.15) is 26.2 Å². The molecule has 0 aromatic rings. The van der Waals surface area contributed by atoms with Crippen molar-refractivity contribution in [1.29, 1.82) is 0 Å². The Morgan fingerprint density at radius 2 is 1.63 bits per heavy atom. The number of nitrogens with one attached hydrogen (secondary N) is 1. The van der Waals surface area contributed by atoms with E-state index in [1.54, 1.807) is 0 Å². The molecule has 1 unspecified atom stereocenters. The fraction of sp³-hybridized carbons (Fsp3) is 0.905. The molecule has 1 atom stereocenters. The lowest BCUT2D eigenvalue weighted by Crippen LogP contribution is -2.55. The van der Waals surface area contributed by atoms with Gasteiger partial charge in [-0.1, -0.05) is 0 Å². The molecule has 3 aliphatic rings. The molecule has 174 valence electrons. The largest absolute Gasteiger partial charge is 0.357 e. The summed E-state index contributed by atoms with van der Waals surface area (Å²) in [5.41, 5.74) is 0. The van der Waals surface area contributed by atoms with Crippen LogP contribution in [0.15, 0.2) is 4.99 Å². The van der Waals surface area contributed by atoms with E-state index in [1.165, 1.54) is 6.42 Å². The molecule has 0 aliphatic carbocycles. The summed E-state index contributed by atoms with van der Waals surface area (Å²) in [4.78, 5) is 29.1. The Bertz CT molecular complexity index is 547. The lowest BCUT2D eigenvalue weighted by molar-refractivity contribution is -0.133. The molecule has 8 nitrogen and oxygen atoms in total. The molecular weight excluding hydrogens is 493 g/mol. The van der Waals surface area contributed by atoms with Gasteiger partial charge in [-0.25, -0.2) is 0 Å². The highest BCUT2D eigenvalue weighted by atomic mass is 127. The summed E-state index contributed by atoms with van der Waals surface area (Å²) in [5.74, 6) is 1.33. The van der Waals surface area contributed by atoms with E-state index in [4.69, 9.17) is 4.99 Å². The number of rotatable bonds is 5. The second-order valence-corrected chi connectivity index (χ2v) is 8.80.